The van der Waals surface area contributed by atoms with E-state index in [9.17, 15) is 9.18 Å². The molecule has 1 aliphatic carbocycles. The molecule has 1 aromatic carbocycles. The molecule has 0 spiro atoms. The lowest BCUT2D eigenvalue weighted by Gasteiger charge is -2.09. The van der Waals surface area contributed by atoms with Crippen LogP contribution in [0.1, 0.15) is 24.0 Å². The average molecular weight is 285 g/mol. The molecule has 16 heavy (non-hydrogen) atoms. The molecule has 0 radical (unpaired) electrons. The lowest BCUT2D eigenvalue weighted by atomic mass is 10.0. The van der Waals surface area contributed by atoms with Gasteiger partial charge in [0.15, 0.2) is 0 Å². The first kappa shape index (κ1) is 11.8. The highest BCUT2D eigenvalue weighted by atomic mass is 79.9. The van der Waals surface area contributed by atoms with Crippen LogP contribution in [0.4, 0.5) is 4.39 Å². The minimum Gasteiger partial charge on any atom is -0.298 e. The van der Waals surface area contributed by atoms with Gasteiger partial charge in [-0.1, -0.05) is 22.0 Å². The summed E-state index contributed by atoms with van der Waals surface area (Å²) in [6, 6.07) is 4.93. The first-order chi connectivity index (χ1) is 7.56. The van der Waals surface area contributed by atoms with Gasteiger partial charge in [-0.25, -0.2) is 4.39 Å². The Kier molecular flexibility index (Phi) is 3.43. The van der Waals surface area contributed by atoms with E-state index in [-0.39, 0.29) is 22.3 Å². The molecule has 1 aliphatic rings. The van der Waals surface area contributed by atoms with Crippen molar-refractivity contribution < 1.29 is 9.18 Å². The number of hydrogen-bond acceptors (Lipinski definition) is 1. The zero-order chi connectivity index (χ0) is 11.7. The Morgan fingerprint density at radius 2 is 2.19 bits per heavy atom. The van der Waals surface area contributed by atoms with Crippen molar-refractivity contribution in [1.82, 2.24) is 0 Å². The van der Waals surface area contributed by atoms with Crippen LogP contribution in [0, 0.1) is 18.7 Å². The molecular weight excluding hydrogens is 271 g/mol. The third kappa shape index (κ3) is 2.91. The van der Waals surface area contributed by atoms with Crippen LogP contribution in [0.2, 0.25) is 0 Å². The van der Waals surface area contributed by atoms with E-state index < -0.39 is 0 Å². The molecule has 1 unspecified atom stereocenters. The quantitative estimate of drug-likeness (QED) is 0.775. The van der Waals surface area contributed by atoms with Crippen LogP contribution in [0.15, 0.2) is 18.2 Å². The van der Waals surface area contributed by atoms with Crippen LogP contribution in [-0.4, -0.2) is 10.6 Å². The van der Waals surface area contributed by atoms with Crippen LogP contribution in [0.3, 0.4) is 0 Å². The van der Waals surface area contributed by atoms with Gasteiger partial charge in [-0.05, 0) is 49.4 Å². The molecule has 1 aromatic rings. The second-order valence-electron chi connectivity index (χ2n) is 4.49. The number of alkyl halides is 1. The predicted octanol–water partition coefficient (Wildman–Crippen LogP) is 3.42. The highest BCUT2D eigenvalue weighted by Gasteiger charge is 2.33. The largest absolute Gasteiger partial charge is 0.298 e. The van der Waals surface area contributed by atoms with Gasteiger partial charge in [0.1, 0.15) is 11.6 Å². The Morgan fingerprint density at radius 1 is 1.50 bits per heavy atom. The lowest BCUT2D eigenvalue weighted by Crippen LogP contribution is -2.18. The first-order valence-electron chi connectivity index (χ1n) is 5.50. The van der Waals surface area contributed by atoms with Crippen LogP contribution in [0.25, 0.3) is 0 Å². The third-order valence-electron chi connectivity index (χ3n) is 2.81. The Labute approximate surface area is 103 Å². The summed E-state index contributed by atoms with van der Waals surface area (Å²) in [7, 11) is 0. The van der Waals surface area contributed by atoms with Gasteiger partial charge in [-0.15, -0.1) is 0 Å². The standard InChI is InChI=1S/C13H14BrFO/c1-8-4-9(6-11(15)5-8)7-12(14)13(16)10-2-3-10/h4-6,10,12H,2-3,7H2,1H3. The van der Waals surface area contributed by atoms with E-state index in [2.05, 4.69) is 15.9 Å². The smallest absolute Gasteiger partial charge is 0.149 e. The minimum atomic E-state index is -0.228. The molecule has 1 saturated carbocycles. The Hall–Kier alpha value is -0.700. The summed E-state index contributed by atoms with van der Waals surface area (Å²) in [5, 5.41) is 0. The topological polar surface area (TPSA) is 17.1 Å². The van der Waals surface area contributed by atoms with Crippen LogP contribution in [-0.2, 0) is 11.2 Å². The maximum atomic E-state index is 13.2. The summed E-state index contributed by atoms with van der Waals surface area (Å²) < 4.78 is 13.2. The van der Waals surface area contributed by atoms with E-state index in [1.165, 1.54) is 12.1 Å². The van der Waals surface area contributed by atoms with Gasteiger partial charge in [0, 0.05) is 5.92 Å². The highest BCUT2D eigenvalue weighted by Crippen LogP contribution is 2.33. The Bertz CT molecular complexity index is 392. The molecule has 2 rings (SSSR count). The number of ketones is 1. The van der Waals surface area contributed by atoms with Gasteiger partial charge in [-0.2, -0.15) is 0 Å². The summed E-state index contributed by atoms with van der Waals surface area (Å²) in [6.07, 6.45) is 2.61. The zero-order valence-corrected chi connectivity index (χ0v) is 10.8. The van der Waals surface area contributed by atoms with Gasteiger partial charge in [0.25, 0.3) is 0 Å². The Balaban J connectivity index is 2.04. The summed E-state index contributed by atoms with van der Waals surface area (Å²) in [6.45, 7) is 1.86. The van der Waals surface area contributed by atoms with Crippen molar-refractivity contribution in [3.8, 4) is 0 Å². The fourth-order valence-corrected chi connectivity index (χ4v) is 2.61. The van der Waals surface area contributed by atoms with Crippen molar-refractivity contribution >= 4 is 21.7 Å². The molecule has 1 nitrogen and oxygen atoms in total. The van der Waals surface area contributed by atoms with E-state index in [1.807, 2.05) is 13.0 Å². The number of hydrogen-bond donors (Lipinski definition) is 0. The van der Waals surface area contributed by atoms with Gasteiger partial charge < -0.3 is 0 Å². The summed E-state index contributed by atoms with van der Waals surface area (Å²) in [5.74, 6) is 0.287. The number of aryl methyl sites for hydroxylation is 1. The number of carbonyl (C=O) groups excluding carboxylic acids is 1. The molecule has 1 atom stereocenters. The van der Waals surface area contributed by atoms with Crippen molar-refractivity contribution in [2.45, 2.75) is 31.0 Å². The first-order valence-corrected chi connectivity index (χ1v) is 6.41. The van der Waals surface area contributed by atoms with Gasteiger partial charge in [-0.3, -0.25) is 4.79 Å². The van der Waals surface area contributed by atoms with Gasteiger partial charge in [0.05, 0.1) is 4.83 Å². The fraction of sp³-hybridized carbons (Fsp3) is 0.462. The van der Waals surface area contributed by atoms with Crippen LogP contribution in [0.5, 0.6) is 0 Å². The molecule has 1 fully saturated rings. The monoisotopic (exact) mass is 284 g/mol. The van der Waals surface area contributed by atoms with E-state index in [0.29, 0.717) is 6.42 Å². The van der Waals surface area contributed by atoms with E-state index >= 15 is 0 Å². The number of benzene rings is 1. The zero-order valence-electron chi connectivity index (χ0n) is 9.17. The molecule has 86 valence electrons. The minimum absolute atomic E-state index is 0.166. The molecule has 0 bridgehead atoms. The van der Waals surface area contributed by atoms with Crippen molar-refractivity contribution in [2.24, 2.45) is 5.92 Å². The molecule has 0 N–H and O–H groups in total. The van der Waals surface area contributed by atoms with E-state index in [0.717, 1.165) is 24.0 Å². The number of rotatable bonds is 4. The summed E-state index contributed by atoms with van der Waals surface area (Å²) in [5.41, 5.74) is 1.78. The SMILES string of the molecule is Cc1cc(F)cc(CC(Br)C(=O)C2CC2)c1. The van der Waals surface area contributed by atoms with Crippen molar-refractivity contribution in [3.05, 3.63) is 35.1 Å². The normalized spacial score (nSPS) is 17.2. The molecule has 0 aliphatic heterocycles. The maximum absolute atomic E-state index is 13.2. The molecule has 3 heteroatoms. The molecule has 0 saturated heterocycles. The molecular formula is C13H14BrFO. The van der Waals surface area contributed by atoms with E-state index in [1.54, 1.807) is 0 Å². The van der Waals surface area contributed by atoms with Crippen molar-refractivity contribution in [3.63, 3.8) is 0 Å². The lowest BCUT2D eigenvalue weighted by molar-refractivity contribution is -0.119. The van der Waals surface area contributed by atoms with Crippen LogP contribution < -0.4 is 0 Å². The summed E-state index contributed by atoms with van der Waals surface area (Å²) in [4.78, 5) is 11.6. The predicted molar refractivity (Wildman–Crippen MR) is 65.3 cm³/mol. The molecule has 0 aromatic heterocycles. The summed E-state index contributed by atoms with van der Waals surface area (Å²) >= 11 is 3.40. The van der Waals surface area contributed by atoms with Gasteiger partial charge in [0.2, 0.25) is 0 Å². The average Bonchev–Trinajstić information content (AvgIpc) is 2.97. The second kappa shape index (κ2) is 4.66. The molecule has 0 amide bonds. The number of carbonyl (C=O) groups is 1. The van der Waals surface area contributed by atoms with Crippen molar-refractivity contribution in [2.75, 3.05) is 0 Å². The number of halogens is 2. The van der Waals surface area contributed by atoms with Crippen molar-refractivity contribution in [1.29, 1.82) is 0 Å². The maximum Gasteiger partial charge on any atom is 0.149 e. The van der Waals surface area contributed by atoms with E-state index in [4.69, 9.17) is 0 Å². The molecule has 0 heterocycles. The number of Topliss-reactive ketones (excluding diaryl/α,β-unsaturated/α-hetero) is 1. The Morgan fingerprint density at radius 3 is 2.75 bits per heavy atom. The van der Waals surface area contributed by atoms with Gasteiger partial charge >= 0.3 is 0 Å². The fourth-order valence-electron chi connectivity index (χ4n) is 1.86. The van der Waals surface area contributed by atoms with Crippen LogP contribution >= 0.6 is 15.9 Å². The third-order valence-corrected chi connectivity index (χ3v) is 3.58. The second-order valence-corrected chi connectivity index (χ2v) is 5.59. The highest BCUT2D eigenvalue weighted by molar-refractivity contribution is 9.10.